The van der Waals surface area contributed by atoms with Crippen molar-refractivity contribution in [2.75, 3.05) is 13.2 Å². The topological polar surface area (TPSA) is 56.2 Å². The van der Waals surface area contributed by atoms with Crippen molar-refractivity contribution < 1.29 is 18.3 Å². The number of aryl methyl sites for hydroxylation is 1. The molecule has 1 atom stereocenters. The number of hydrogen-bond acceptors (Lipinski definition) is 3. The van der Waals surface area contributed by atoms with Crippen LogP contribution < -0.4 is 10.1 Å². The first kappa shape index (κ1) is 17.4. The van der Waals surface area contributed by atoms with Gasteiger partial charge in [-0.2, -0.15) is 13.9 Å². The lowest BCUT2D eigenvalue weighted by molar-refractivity contribution is -0.120. The van der Waals surface area contributed by atoms with Crippen LogP contribution in [-0.2, 0) is 17.6 Å². The Bertz CT molecular complexity index is 774. The lowest BCUT2D eigenvalue weighted by Crippen LogP contribution is -2.35. The zero-order valence-electron chi connectivity index (χ0n) is 14.3. The van der Waals surface area contributed by atoms with Crippen LogP contribution in [0.1, 0.15) is 29.1 Å². The molecule has 0 aliphatic carbocycles. The van der Waals surface area contributed by atoms with Crippen LogP contribution in [0.4, 0.5) is 8.78 Å². The van der Waals surface area contributed by atoms with Crippen molar-refractivity contribution in [2.45, 2.75) is 33.2 Å². The van der Waals surface area contributed by atoms with Crippen LogP contribution >= 0.6 is 0 Å². The third kappa shape index (κ3) is 3.81. The highest BCUT2D eigenvalue weighted by Crippen LogP contribution is 2.26. The van der Waals surface area contributed by atoms with Gasteiger partial charge in [0.15, 0.2) is 0 Å². The minimum Gasteiger partial charge on any atom is -0.493 e. The summed E-state index contributed by atoms with van der Waals surface area (Å²) in [6.45, 7) is 1.54. The van der Waals surface area contributed by atoms with Gasteiger partial charge in [-0.25, -0.2) is 4.68 Å². The summed E-state index contributed by atoms with van der Waals surface area (Å²) in [5.74, 6) is 0.902. The number of alkyl halides is 2. The SMILES string of the molecule is Cc1nn(C(F)F)c(C)c1CC(=O)NC[C@@H]1COc2ccccc2C1. The first-order valence-corrected chi connectivity index (χ1v) is 8.26. The van der Waals surface area contributed by atoms with Gasteiger partial charge < -0.3 is 10.1 Å². The Hall–Kier alpha value is -2.44. The number of fused-ring (bicyclic) bond motifs is 1. The maximum atomic E-state index is 12.9. The Kier molecular flexibility index (Phi) is 5.01. The molecule has 0 bridgehead atoms. The number of aromatic nitrogens is 2. The van der Waals surface area contributed by atoms with E-state index in [2.05, 4.69) is 10.4 Å². The smallest absolute Gasteiger partial charge is 0.333 e. The standard InChI is InChI=1S/C18H21F2N3O2/c1-11-15(12(2)23(22-11)18(19)20)8-17(24)21-9-13-7-14-5-3-4-6-16(14)25-10-13/h3-6,13,18H,7-10H2,1-2H3,(H,21,24)/t13-/m1/s1. The summed E-state index contributed by atoms with van der Waals surface area (Å²) in [5, 5.41) is 6.69. The highest BCUT2D eigenvalue weighted by molar-refractivity contribution is 5.79. The van der Waals surface area contributed by atoms with Crippen molar-refractivity contribution in [3.63, 3.8) is 0 Å². The molecule has 1 aromatic heterocycles. The Morgan fingerprint density at radius 2 is 2.16 bits per heavy atom. The second-order valence-corrected chi connectivity index (χ2v) is 6.34. The number of hydrogen-bond donors (Lipinski definition) is 1. The Labute approximate surface area is 145 Å². The van der Waals surface area contributed by atoms with Crippen LogP contribution in [-0.4, -0.2) is 28.8 Å². The normalized spacial score (nSPS) is 16.4. The fourth-order valence-corrected chi connectivity index (χ4v) is 3.15. The summed E-state index contributed by atoms with van der Waals surface area (Å²) >= 11 is 0. The summed E-state index contributed by atoms with van der Waals surface area (Å²) in [7, 11) is 0. The molecule has 0 saturated heterocycles. The van der Waals surface area contributed by atoms with E-state index >= 15 is 0 Å². The predicted molar refractivity (Wildman–Crippen MR) is 88.8 cm³/mol. The summed E-state index contributed by atoms with van der Waals surface area (Å²) in [6.07, 6.45) is 0.895. The van der Waals surface area contributed by atoms with E-state index in [4.69, 9.17) is 4.74 Å². The third-order valence-electron chi connectivity index (χ3n) is 4.54. The second kappa shape index (κ2) is 7.21. The van der Waals surface area contributed by atoms with E-state index in [1.807, 2.05) is 24.3 Å². The molecular weight excluding hydrogens is 328 g/mol. The van der Waals surface area contributed by atoms with Gasteiger partial charge in [-0.15, -0.1) is 0 Å². The first-order valence-electron chi connectivity index (χ1n) is 8.26. The van der Waals surface area contributed by atoms with Crippen LogP contribution in [0.25, 0.3) is 0 Å². The molecule has 0 fully saturated rings. The van der Waals surface area contributed by atoms with E-state index in [0.717, 1.165) is 17.7 Å². The number of carbonyl (C=O) groups is 1. The van der Waals surface area contributed by atoms with E-state index in [9.17, 15) is 13.6 Å². The number of halogens is 2. The number of ether oxygens (including phenoxy) is 1. The van der Waals surface area contributed by atoms with Crippen molar-refractivity contribution in [1.29, 1.82) is 0 Å². The van der Waals surface area contributed by atoms with Crippen molar-refractivity contribution in [2.24, 2.45) is 5.92 Å². The van der Waals surface area contributed by atoms with Gasteiger partial charge in [-0.05, 0) is 31.9 Å². The summed E-state index contributed by atoms with van der Waals surface area (Å²) < 4.78 is 32.1. The molecule has 1 amide bonds. The molecule has 25 heavy (non-hydrogen) atoms. The lowest BCUT2D eigenvalue weighted by Gasteiger charge is -2.25. The Morgan fingerprint density at radius 3 is 2.88 bits per heavy atom. The van der Waals surface area contributed by atoms with Gasteiger partial charge in [-0.1, -0.05) is 18.2 Å². The quantitative estimate of drug-likeness (QED) is 0.903. The van der Waals surface area contributed by atoms with Gasteiger partial charge in [-0.3, -0.25) is 4.79 Å². The molecule has 2 aromatic rings. The Balaban J connectivity index is 1.56. The van der Waals surface area contributed by atoms with Gasteiger partial charge in [0, 0.05) is 23.7 Å². The van der Waals surface area contributed by atoms with Gasteiger partial charge in [0.2, 0.25) is 5.91 Å². The molecule has 0 saturated carbocycles. The highest BCUT2D eigenvalue weighted by Gasteiger charge is 2.22. The molecular formula is C18H21F2N3O2. The van der Waals surface area contributed by atoms with E-state index < -0.39 is 6.55 Å². The first-order chi connectivity index (χ1) is 12.0. The molecule has 0 unspecified atom stereocenters. The van der Waals surface area contributed by atoms with E-state index in [1.165, 1.54) is 0 Å². The van der Waals surface area contributed by atoms with Gasteiger partial charge in [0.25, 0.3) is 0 Å². The molecule has 5 nitrogen and oxygen atoms in total. The molecule has 1 N–H and O–H groups in total. The fourth-order valence-electron chi connectivity index (χ4n) is 3.15. The number of nitrogens with one attached hydrogen (secondary N) is 1. The van der Waals surface area contributed by atoms with E-state index in [0.29, 0.717) is 34.8 Å². The molecule has 1 aromatic carbocycles. The number of benzene rings is 1. The summed E-state index contributed by atoms with van der Waals surface area (Å²) in [4.78, 5) is 12.2. The molecule has 2 heterocycles. The fraction of sp³-hybridized carbons (Fsp3) is 0.444. The van der Waals surface area contributed by atoms with Gasteiger partial charge in [0.1, 0.15) is 5.75 Å². The number of para-hydroxylation sites is 1. The lowest BCUT2D eigenvalue weighted by atomic mass is 9.96. The van der Waals surface area contributed by atoms with E-state index in [-0.39, 0.29) is 18.2 Å². The summed E-state index contributed by atoms with van der Waals surface area (Å²) in [5.41, 5.74) is 2.49. The second-order valence-electron chi connectivity index (χ2n) is 6.34. The van der Waals surface area contributed by atoms with Crippen molar-refractivity contribution >= 4 is 5.91 Å². The van der Waals surface area contributed by atoms with Crippen molar-refractivity contribution in [3.05, 3.63) is 46.8 Å². The number of carbonyl (C=O) groups excluding carboxylic acids is 1. The molecule has 0 radical (unpaired) electrons. The largest absolute Gasteiger partial charge is 0.493 e. The minimum atomic E-state index is -2.70. The van der Waals surface area contributed by atoms with Crippen LogP contribution in [0.2, 0.25) is 0 Å². The predicted octanol–water partition coefficient (Wildman–Crippen LogP) is 2.81. The van der Waals surface area contributed by atoms with Crippen LogP contribution in [0.15, 0.2) is 24.3 Å². The average Bonchev–Trinajstić information content (AvgIpc) is 2.88. The number of nitrogens with zero attached hydrogens (tertiary/aromatic N) is 2. The Morgan fingerprint density at radius 1 is 1.40 bits per heavy atom. The zero-order valence-corrected chi connectivity index (χ0v) is 14.3. The molecule has 3 rings (SSSR count). The molecule has 134 valence electrons. The monoisotopic (exact) mass is 349 g/mol. The maximum Gasteiger partial charge on any atom is 0.333 e. The third-order valence-corrected chi connectivity index (χ3v) is 4.54. The van der Waals surface area contributed by atoms with Crippen molar-refractivity contribution in [1.82, 2.24) is 15.1 Å². The number of amides is 1. The minimum absolute atomic E-state index is 0.0501. The maximum absolute atomic E-state index is 12.9. The number of rotatable bonds is 5. The van der Waals surface area contributed by atoms with Crippen LogP contribution in [0.3, 0.4) is 0 Å². The zero-order chi connectivity index (χ0) is 18.0. The van der Waals surface area contributed by atoms with Gasteiger partial charge >= 0.3 is 6.55 Å². The molecule has 1 aliphatic heterocycles. The van der Waals surface area contributed by atoms with Crippen LogP contribution in [0, 0.1) is 19.8 Å². The molecule has 7 heteroatoms. The van der Waals surface area contributed by atoms with Crippen LogP contribution in [0.5, 0.6) is 5.75 Å². The molecule has 0 spiro atoms. The highest BCUT2D eigenvalue weighted by atomic mass is 19.3. The average molecular weight is 349 g/mol. The van der Waals surface area contributed by atoms with Gasteiger partial charge in [0.05, 0.1) is 18.7 Å². The van der Waals surface area contributed by atoms with E-state index in [1.54, 1.807) is 13.8 Å². The summed E-state index contributed by atoms with van der Waals surface area (Å²) in [6, 6.07) is 7.87. The molecule has 1 aliphatic rings. The van der Waals surface area contributed by atoms with Crippen molar-refractivity contribution in [3.8, 4) is 5.75 Å².